The molecule has 2 aromatic carbocycles. The van der Waals surface area contributed by atoms with Gasteiger partial charge in [0, 0.05) is 48.5 Å². The molecule has 4 rings (SSSR count). The van der Waals surface area contributed by atoms with Crippen molar-refractivity contribution in [3.05, 3.63) is 60.3 Å². The van der Waals surface area contributed by atoms with Crippen LogP contribution >= 0.6 is 0 Å². The van der Waals surface area contributed by atoms with Gasteiger partial charge in [0.05, 0.1) is 5.56 Å². The Morgan fingerprint density at radius 2 is 1.44 bits per heavy atom. The molecular weight excluding hydrogens is 432 g/mol. The van der Waals surface area contributed by atoms with Gasteiger partial charge in [0.25, 0.3) is 11.7 Å². The molecule has 1 aliphatic rings. The first-order valence-corrected chi connectivity index (χ1v) is 11.5. The lowest BCUT2D eigenvalue weighted by Gasteiger charge is -2.20. The molecule has 1 fully saturated rings. The van der Waals surface area contributed by atoms with Crippen molar-refractivity contribution < 1.29 is 19.2 Å². The van der Waals surface area contributed by atoms with E-state index in [1.807, 2.05) is 17.0 Å². The Morgan fingerprint density at radius 3 is 2.09 bits per heavy atom. The first-order valence-electron chi connectivity index (χ1n) is 11.5. The Hall–Kier alpha value is -3.94. The van der Waals surface area contributed by atoms with Gasteiger partial charge < -0.3 is 20.1 Å². The second-order valence-electron chi connectivity index (χ2n) is 8.52. The van der Waals surface area contributed by atoms with Gasteiger partial charge in [0.2, 0.25) is 11.8 Å². The predicted molar refractivity (Wildman–Crippen MR) is 131 cm³/mol. The van der Waals surface area contributed by atoms with Gasteiger partial charge in [0.15, 0.2) is 0 Å². The molecule has 0 radical (unpaired) electrons. The second-order valence-corrected chi connectivity index (χ2v) is 8.52. The van der Waals surface area contributed by atoms with Crippen molar-refractivity contribution in [2.45, 2.75) is 39.2 Å². The van der Waals surface area contributed by atoms with Crippen LogP contribution in [0.25, 0.3) is 10.9 Å². The topological polar surface area (TPSA) is 101 Å². The summed E-state index contributed by atoms with van der Waals surface area (Å²) >= 11 is 0. The van der Waals surface area contributed by atoms with E-state index in [1.165, 1.54) is 6.92 Å². The largest absolute Gasteiger partial charge is 0.341 e. The number of carbonyl (C=O) groups excluding carboxylic acids is 4. The lowest BCUT2D eigenvalue weighted by molar-refractivity contribution is -0.131. The zero-order chi connectivity index (χ0) is 24.1. The maximum atomic E-state index is 13.0. The highest BCUT2D eigenvalue weighted by atomic mass is 16.2. The van der Waals surface area contributed by atoms with Crippen LogP contribution in [0.5, 0.6) is 0 Å². The van der Waals surface area contributed by atoms with Crippen molar-refractivity contribution in [2.75, 3.05) is 23.7 Å². The van der Waals surface area contributed by atoms with Crippen molar-refractivity contribution in [1.29, 1.82) is 0 Å². The van der Waals surface area contributed by atoms with Crippen LogP contribution < -0.4 is 10.6 Å². The molecule has 1 aromatic heterocycles. The highest BCUT2D eigenvalue weighted by molar-refractivity contribution is 6.48. The molecule has 3 amide bonds. The number of para-hydroxylation sites is 1. The molecule has 1 saturated heterocycles. The normalized spacial score (nSPS) is 13.9. The predicted octanol–water partition coefficient (Wildman–Crippen LogP) is 3.82. The molecule has 0 spiro atoms. The number of benzene rings is 2. The first-order chi connectivity index (χ1) is 16.4. The number of Topliss-reactive ketones (excluding diaryl/α,β-unsaturated/α-hetero) is 1. The minimum atomic E-state index is -0.769. The molecule has 34 heavy (non-hydrogen) atoms. The van der Waals surface area contributed by atoms with E-state index < -0.39 is 11.7 Å². The first kappa shape index (κ1) is 23.2. The molecule has 8 heteroatoms. The van der Waals surface area contributed by atoms with Crippen LogP contribution in [0.1, 0.15) is 43.0 Å². The summed E-state index contributed by atoms with van der Waals surface area (Å²) in [6, 6.07) is 13.8. The summed E-state index contributed by atoms with van der Waals surface area (Å²) in [5.41, 5.74) is 2.02. The molecule has 0 aliphatic carbocycles. The average molecular weight is 461 g/mol. The molecule has 0 bridgehead atoms. The standard InChI is InChI=1S/C26H28N4O4/c1-18(31)27-19-10-12-20(13-11-19)28-26(34)25(33)22-16-30(23-9-5-4-8-21(22)23)17-24(32)29-14-6-2-3-7-15-29/h4-5,8-13,16H,2-3,6-7,14-15,17H2,1H3,(H,27,31)(H,28,34). The van der Waals surface area contributed by atoms with Crippen molar-refractivity contribution in [1.82, 2.24) is 9.47 Å². The SMILES string of the molecule is CC(=O)Nc1ccc(NC(=O)C(=O)c2cn(CC(=O)N3CCCCCC3)c3ccccc23)cc1. The van der Waals surface area contributed by atoms with E-state index in [4.69, 9.17) is 0 Å². The van der Waals surface area contributed by atoms with Gasteiger partial charge in [-0.1, -0.05) is 31.0 Å². The Labute approximate surface area is 197 Å². The van der Waals surface area contributed by atoms with E-state index in [0.29, 0.717) is 16.8 Å². The van der Waals surface area contributed by atoms with Gasteiger partial charge in [-0.25, -0.2) is 0 Å². The van der Waals surface area contributed by atoms with E-state index >= 15 is 0 Å². The van der Waals surface area contributed by atoms with Gasteiger partial charge in [-0.05, 0) is 43.2 Å². The molecular formula is C26H28N4O4. The molecule has 1 aliphatic heterocycles. The molecule has 176 valence electrons. The van der Waals surface area contributed by atoms with Crippen LogP contribution in [0, 0.1) is 0 Å². The zero-order valence-corrected chi connectivity index (χ0v) is 19.2. The van der Waals surface area contributed by atoms with Crippen LogP contribution in [0.4, 0.5) is 11.4 Å². The highest BCUT2D eigenvalue weighted by Crippen LogP contribution is 2.23. The summed E-state index contributed by atoms with van der Waals surface area (Å²) in [5.74, 6) is -1.62. The van der Waals surface area contributed by atoms with E-state index in [-0.39, 0.29) is 23.9 Å². The minimum Gasteiger partial charge on any atom is -0.341 e. The third-order valence-electron chi connectivity index (χ3n) is 5.97. The summed E-state index contributed by atoms with van der Waals surface area (Å²) in [6.45, 7) is 3.05. The number of rotatable bonds is 6. The number of anilines is 2. The fraction of sp³-hybridized carbons (Fsp3) is 0.308. The van der Waals surface area contributed by atoms with Crippen molar-refractivity contribution in [3.8, 4) is 0 Å². The summed E-state index contributed by atoms with van der Waals surface area (Å²) in [5, 5.41) is 5.89. The number of ketones is 1. The van der Waals surface area contributed by atoms with E-state index in [9.17, 15) is 19.2 Å². The fourth-order valence-corrected chi connectivity index (χ4v) is 4.27. The van der Waals surface area contributed by atoms with Gasteiger partial charge in [-0.3, -0.25) is 19.2 Å². The van der Waals surface area contributed by atoms with Crippen molar-refractivity contribution in [2.24, 2.45) is 0 Å². The maximum Gasteiger partial charge on any atom is 0.296 e. The van der Waals surface area contributed by atoms with Crippen molar-refractivity contribution in [3.63, 3.8) is 0 Å². The Balaban J connectivity index is 1.52. The van der Waals surface area contributed by atoms with Crippen LogP contribution in [0.15, 0.2) is 54.7 Å². The van der Waals surface area contributed by atoms with Crippen LogP contribution in [-0.4, -0.2) is 46.1 Å². The van der Waals surface area contributed by atoms with Crippen LogP contribution in [-0.2, 0) is 20.9 Å². The number of fused-ring (bicyclic) bond motifs is 1. The average Bonchev–Trinajstić information content (AvgIpc) is 2.98. The number of hydrogen-bond donors (Lipinski definition) is 2. The second kappa shape index (κ2) is 10.3. The van der Waals surface area contributed by atoms with Gasteiger partial charge in [0.1, 0.15) is 6.54 Å². The quantitative estimate of drug-likeness (QED) is 0.431. The lowest BCUT2D eigenvalue weighted by atomic mass is 10.1. The number of nitrogens with one attached hydrogen (secondary N) is 2. The maximum absolute atomic E-state index is 13.0. The van der Waals surface area contributed by atoms with E-state index in [1.54, 1.807) is 47.2 Å². The molecule has 0 atom stereocenters. The number of nitrogens with zero attached hydrogens (tertiary/aromatic N) is 2. The van der Waals surface area contributed by atoms with Crippen molar-refractivity contribution >= 4 is 45.8 Å². The van der Waals surface area contributed by atoms with Crippen LogP contribution in [0.3, 0.4) is 0 Å². The van der Waals surface area contributed by atoms with Gasteiger partial charge in [-0.2, -0.15) is 0 Å². The molecule has 0 unspecified atom stereocenters. The molecule has 3 aromatic rings. The highest BCUT2D eigenvalue weighted by Gasteiger charge is 2.23. The molecule has 0 saturated carbocycles. The van der Waals surface area contributed by atoms with E-state index in [0.717, 1.165) is 44.3 Å². The van der Waals surface area contributed by atoms with Crippen LogP contribution in [0.2, 0.25) is 0 Å². The number of carbonyl (C=O) groups is 4. The summed E-state index contributed by atoms with van der Waals surface area (Å²) in [7, 11) is 0. The van der Waals surface area contributed by atoms with E-state index in [2.05, 4.69) is 10.6 Å². The zero-order valence-electron chi connectivity index (χ0n) is 19.2. The Morgan fingerprint density at radius 1 is 0.824 bits per heavy atom. The third-order valence-corrected chi connectivity index (χ3v) is 5.97. The lowest BCUT2D eigenvalue weighted by Crippen LogP contribution is -2.34. The molecule has 2 heterocycles. The summed E-state index contributed by atoms with van der Waals surface area (Å²) in [6.07, 6.45) is 5.89. The smallest absolute Gasteiger partial charge is 0.296 e. The fourth-order valence-electron chi connectivity index (χ4n) is 4.27. The Bertz CT molecular complexity index is 1220. The van der Waals surface area contributed by atoms with Gasteiger partial charge in [-0.15, -0.1) is 0 Å². The number of aromatic nitrogens is 1. The molecule has 8 nitrogen and oxygen atoms in total. The Kier molecular flexibility index (Phi) is 7.06. The minimum absolute atomic E-state index is 0.0189. The molecule has 2 N–H and O–H groups in total. The number of hydrogen-bond acceptors (Lipinski definition) is 4. The summed E-state index contributed by atoms with van der Waals surface area (Å²) in [4.78, 5) is 51.7. The monoisotopic (exact) mass is 460 g/mol. The third kappa shape index (κ3) is 5.33. The number of likely N-dealkylation sites (tertiary alicyclic amines) is 1. The number of amides is 3. The van der Waals surface area contributed by atoms with Gasteiger partial charge >= 0.3 is 0 Å². The summed E-state index contributed by atoms with van der Waals surface area (Å²) < 4.78 is 1.76.